The second-order valence-electron chi connectivity index (χ2n) is 4.32. The molecular formula is C15H13N3OS. The number of benzene rings is 1. The van der Waals surface area contributed by atoms with E-state index >= 15 is 0 Å². The molecule has 2 heterocycles. The van der Waals surface area contributed by atoms with E-state index in [-0.39, 0.29) is 5.75 Å². The van der Waals surface area contributed by atoms with Crippen molar-refractivity contribution < 1.29 is 5.11 Å². The highest BCUT2D eigenvalue weighted by Gasteiger charge is 2.13. The van der Waals surface area contributed by atoms with Gasteiger partial charge in [-0.1, -0.05) is 0 Å². The number of aliphatic imine (C=N–C) groups is 2. The fourth-order valence-corrected chi connectivity index (χ4v) is 2.66. The minimum Gasteiger partial charge on any atom is -0.508 e. The van der Waals surface area contributed by atoms with Gasteiger partial charge in [-0.2, -0.15) is 11.3 Å². The van der Waals surface area contributed by atoms with Crippen LogP contribution in [-0.4, -0.2) is 23.6 Å². The van der Waals surface area contributed by atoms with Crippen LogP contribution in [0.25, 0.3) is 5.57 Å². The maximum Gasteiger partial charge on any atom is 0.157 e. The van der Waals surface area contributed by atoms with Crippen LogP contribution in [0.1, 0.15) is 11.1 Å². The largest absolute Gasteiger partial charge is 0.508 e. The average molecular weight is 283 g/mol. The molecule has 3 N–H and O–H groups in total. The third kappa shape index (κ3) is 2.41. The number of hydrogen-bond acceptors (Lipinski definition) is 5. The summed E-state index contributed by atoms with van der Waals surface area (Å²) in [4.78, 5) is 8.89. The maximum absolute atomic E-state index is 9.30. The highest BCUT2D eigenvalue weighted by Crippen LogP contribution is 2.24. The highest BCUT2D eigenvalue weighted by atomic mass is 32.1. The van der Waals surface area contributed by atoms with Gasteiger partial charge in [-0.3, -0.25) is 0 Å². The minimum absolute atomic E-state index is 0.237. The molecule has 0 aliphatic carbocycles. The zero-order chi connectivity index (χ0) is 13.9. The van der Waals surface area contributed by atoms with Gasteiger partial charge in [0.15, 0.2) is 5.82 Å². The number of rotatable bonds is 3. The Kier molecular flexibility index (Phi) is 3.45. The zero-order valence-corrected chi connectivity index (χ0v) is 11.5. The molecule has 0 amide bonds. The first-order valence-corrected chi connectivity index (χ1v) is 7.10. The topological polar surface area (TPSA) is 71.0 Å². The van der Waals surface area contributed by atoms with Crippen molar-refractivity contribution in [2.24, 2.45) is 15.7 Å². The Bertz CT molecular complexity index is 697. The van der Waals surface area contributed by atoms with Crippen molar-refractivity contribution in [2.75, 3.05) is 6.54 Å². The number of hydrogen-bond donors (Lipinski definition) is 2. The van der Waals surface area contributed by atoms with Crippen molar-refractivity contribution in [3.05, 3.63) is 58.0 Å². The number of phenols is 1. The predicted octanol–water partition coefficient (Wildman–Crippen LogP) is 2.65. The Morgan fingerprint density at radius 3 is 2.65 bits per heavy atom. The van der Waals surface area contributed by atoms with Crippen LogP contribution in [0.5, 0.6) is 5.75 Å². The summed E-state index contributed by atoms with van der Waals surface area (Å²) in [5, 5.41) is 13.4. The highest BCUT2D eigenvalue weighted by molar-refractivity contribution is 7.08. The summed E-state index contributed by atoms with van der Waals surface area (Å²) in [6.07, 6.45) is 1.73. The van der Waals surface area contributed by atoms with E-state index < -0.39 is 0 Å². The van der Waals surface area contributed by atoms with Crippen molar-refractivity contribution in [2.45, 2.75) is 0 Å². The lowest BCUT2D eigenvalue weighted by molar-refractivity contribution is 0.475. The van der Waals surface area contributed by atoms with Gasteiger partial charge in [-0.25, -0.2) is 9.98 Å². The first-order chi connectivity index (χ1) is 9.78. The molecule has 1 aliphatic heterocycles. The molecule has 2 aromatic rings. The molecule has 1 aliphatic rings. The molecule has 5 heteroatoms. The van der Waals surface area contributed by atoms with Crippen LogP contribution in [0.3, 0.4) is 0 Å². The quantitative estimate of drug-likeness (QED) is 0.909. The molecule has 20 heavy (non-hydrogen) atoms. The molecule has 4 nitrogen and oxygen atoms in total. The Balaban J connectivity index is 1.99. The summed E-state index contributed by atoms with van der Waals surface area (Å²) in [6, 6.07) is 8.92. The van der Waals surface area contributed by atoms with Crippen LogP contribution in [0.15, 0.2) is 56.9 Å². The number of aromatic hydroxyl groups is 1. The standard InChI is InChI=1S/C15H13N3OS/c16-7-13(11-5-6-20-9-11)15-17-8-14(18-15)10-1-3-12(19)4-2-10/h1-6,8-9,19H,7,16H2/b15-13+. The van der Waals surface area contributed by atoms with Crippen molar-refractivity contribution in [3.63, 3.8) is 0 Å². The maximum atomic E-state index is 9.30. The van der Waals surface area contributed by atoms with Crippen molar-refractivity contribution in [1.29, 1.82) is 0 Å². The number of phenolic OH excluding ortho intramolecular Hbond substituents is 1. The molecular weight excluding hydrogens is 270 g/mol. The predicted molar refractivity (Wildman–Crippen MR) is 83.4 cm³/mol. The van der Waals surface area contributed by atoms with Gasteiger partial charge in [-0.15, -0.1) is 0 Å². The smallest absolute Gasteiger partial charge is 0.157 e. The SMILES string of the molecule is NC/C(=C1/N=CC(c2ccc(O)cc2)=N1)c1ccsc1. The van der Waals surface area contributed by atoms with E-state index in [0.717, 1.165) is 22.4 Å². The van der Waals surface area contributed by atoms with Crippen LogP contribution in [-0.2, 0) is 0 Å². The van der Waals surface area contributed by atoms with E-state index in [2.05, 4.69) is 9.98 Å². The Labute approximate surface area is 120 Å². The molecule has 1 aromatic carbocycles. The number of nitrogens with two attached hydrogens (primary N) is 1. The molecule has 1 aromatic heterocycles. The zero-order valence-electron chi connectivity index (χ0n) is 10.7. The number of nitrogens with zero attached hydrogens (tertiary/aromatic N) is 2. The lowest BCUT2D eigenvalue weighted by Crippen LogP contribution is -2.03. The first-order valence-electron chi connectivity index (χ1n) is 6.16. The lowest BCUT2D eigenvalue weighted by atomic mass is 10.1. The number of thiophene rings is 1. The Hall–Kier alpha value is -2.24. The van der Waals surface area contributed by atoms with Crippen LogP contribution >= 0.6 is 11.3 Å². The van der Waals surface area contributed by atoms with Gasteiger partial charge in [-0.05, 0) is 46.7 Å². The van der Waals surface area contributed by atoms with Gasteiger partial charge in [0, 0.05) is 17.7 Å². The van der Waals surface area contributed by atoms with Crippen molar-refractivity contribution in [3.8, 4) is 5.75 Å². The van der Waals surface area contributed by atoms with Gasteiger partial charge >= 0.3 is 0 Å². The third-order valence-corrected chi connectivity index (χ3v) is 3.73. The molecule has 3 rings (SSSR count). The molecule has 0 saturated heterocycles. The molecule has 0 bridgehead atoms. The normalized spacial score (nSPS) is 16.4. The summed E-state index contributed by atoms with van der Waals surface area (Å²) in [6.45, 7) is 0.399. The molecule has 0 atom stereocenters. The van der Waals surface area contributed by atoms with E-state index in [0.29, 0.717) is 12.4 Å². The van der Waals surface area contributed by atoms with Gasteiger partial charge in [0.25, 0.3) is 0 Å². The molecule has 0 spiro atoms. The van der Waals surface area contributed by atoms with Gasteiger partial charge in [0.2, 0.25) is 0 Å². The summed E-state index contributed by atoms with van der Waals surface area (Å²) in [5.41, 5.74) is 9.53. The fraction of sp³-hybridized carbons (Fsp3) is 0.0667. The van der Waals surface area contributed by atoms with E-state index in [1.807, 2.05) is 29.0 Å². The second-order valence-corrected chi connectivity index (χ2v) is 5.10. The van der Waals surface area contributed by atoms with E-state index in [4.69, 9.17) is 5.73 Å². The van der Waals surface area contributed by atoms with Gasteiger partial charge in [0.05, 0.1) is 11.9 Å². The monoisotopic (exact) mass is 283 g/mol. The fourth-order valence-electron chi connectivity index (χ4n) is 1.99. The van der Waals surface area contributed by atoms with Crippen LogP contribution < -0.4 is 5.73 Å². The minimum atomic E-state index is 0.237. The summed E-state index contributed by atoms with van der Waals surface area (Å²) in [7, 11) is 0. The Morgan fingerprint density at radius 2 is 2.00 bits per heavy atom. The lowest BCUT2D eigenvalue weighted by Gasteiger charge is -2.02. The summed E-state index contributed by atoms with van der Waals surface area (Å²) in [5.74, 6) is 0.898. The molecule has 0 fully saturated rings. The van der Waals surface area contributed by atoms with Crippen LogP contribution in [0.2, 0.25) is 0 Å². The molecule has 0 saturated carbocycles. The van der Waals surface area contributed by atoms with Crippen molar-refractivity contribution >= 4 is 28.8 Å². The molecule has 100 valence electrons. The summed E-state index contributed by atoms with van der Waals surface area (Å²) >= 11 is 1.62. The average Bonchev–Trinajstić information content (AvgIpc) is 3.12. The van der Waals surface area contributed by atoms with Gasteiger partial charge in [0.1, 0.15) is 5.75 Å². The van der Waals surface area contributed by atoms with Crippen LogP contribution in [0, 0.1) is 0 Å². The second kappa shape index (κ2) is 5.40. The van der Waals surface area contributed by atoms with E-state index in [1.54, 1.807) is 29.7 Å². The van der Waals surface area contributed by atoms with Crippen LogP contribution in [0.4, 0.5) is 0 Å². The van der Waals surface area contributed by atoms with Gasteiger partial charge < -0.3 is 10.8 Å². The summed E-state index contributed by atoms with van der Waals surface area (Å²) < 4.78 is 0. The molecule has 0 unspecified atom stereocenters. The first kappa shape index (κ1) is 12.8. The third-order valence-electron chi connectivity index (χ3n) is 3.04. The van der Waals surface area contributed by atoms with E-state index in [9.17, 15) is 5.11 Å². The molecule has 0 radical (unpaired) electrons. The Morgan fingerprint density at radius 1 is 1.20 bits per heavy atom. The van der Waals surface area contributed by atoms with E-state index in [1.165, 1.54) is 0 Å². The van der Waals surface area contributed by atoms with Crippen molar-refractivity contribution in [1.82, 2.24) is 0 Å².